The van der Waals surface area contributed by atoms with Crippen LogP contribution in [0.4, 0.5) is 0 Å². The predicted molar refractivity (Wildman–Crippen MR) is 188 cm³/mol. The van der Waals surface area contributed by atoms with Gasteiger partial charge in [0.2, 0.25) is 0 Å². The number of nitrogens with zero attached hydrogens (tertiary/aromatic N) is 1. The highest BCUT2D eigenvalue weighted by atomic mass is 16.3. The lowest BCUT2D eigenvalue weighted by Gasteiger charge is -2.18. The van der Waals surface area contributed by atoms with Crippen LogP contribution in [0.1, 0.15) is 6.85 Å². The predicted octanol–water partition coefficient (Wildman–Crippen LogP) is 12.0. The maximum absolute atomic E-state index is 8.84. The summed E-state index contributed by atoms with van der Waals surface area (Å²) in [4.78, 5) is 4.41. The van der Waals surface area contributed by atoms with E-state index in [1.54, 1.807) is 6.20 Å². The number of fused-ring (bicyclic) bond motifs is 5. The maximum Gasteiger partial charge on any atom is 0.136 e. The molecule has 0 radical (unpaired) electrons. The minimum absolute atomic E-state index is 0.202. The van der Waals surface area contributed by atoms with Gasteiger partial charge in [-0.25, -0.2) is 0 Å². The SMILES string of the molecule is [2H]c1c([2H])c([2H])c(-c2c3ccccc3c(-c3ccc(-c4c(-c5cccnc5)ccc5oc6ccccc6c45)cc3)c3ccccc23)c([2H])c1[2H]. The zero-order valence-electron chi connectivity index (χ0n) is 29.1. The fourth-order valence-corrected chi connectivity index (χ4v) is 6.77. The molecule has 9 rings (SSSR count). The molecule has 45 heavy (non-hydrogen) atoms. The van der Waals surface area contributed by atoms with E-state index in [2.05, 4.69) is 47.4 Å². The van der Waals surface area contributed by atoms with E-state index in [1.807, 2.05) is 85.1 Å². The molecule has 2 heterocycles. The summed E-state index contributed by atoms with van der Waals surface area (Å²) < 4.78 is 49.0. The van der Waals surface area contributed by atoms with E-state index < -0.39 is 6.04 Å². The van der Waals surface area contributed by atoms with Crippen molar-refractivity contribution < 1.29 is 11.3 Å². The van der Waals surface area contributed by atoms with Crippen LogP contribution in [0.15, 0.2) is 168 Å². The third-order valence-electron chi connectivity index (χ3n) is 8.66. The molecule has 0 bridgehead atoms. The Labute approximate surface area is 267 Å². The molecule has 0 N–H and O–H groups in total. The number of pyridine rings is 1. The van der Waals surface area contributed by atoms with Gasteiger partial charge in [0.25, 0.3) is 0 Å². The van der Waals surface area contributed by atoms with Crippen molar-refractivity contribution in [2.45, 2.75) is 0 Å². The Morgan fingerprint density at radius 3 is 1.64 bits per heavy atom. The van der Waals surface area contributed by atoms with Crippen LogP contribution in [-0.2, 0) is 0 Å². The maximum atomic E-state index is 8.84. The molecule has 0 fully saturated rings. The highest BCUT2D eigenvalue weighted by molar-refractivity contribution is 6.21. The smallest absolute Gasteiger partial charge is 0.136 e. The van der Waals surface area contributed by atoms with Crippen molar-refractivity contribution in [2.24, 2.45) is 0 Å². The fourth-order valence-electron chi connectivity index (χ4n) is 6.77. The lowest BCUT2D eigenvalue weighted by atomic mass is 9.85. The van der Waals surface area contributed by atoms with Gasteiger partial charge in [0.15, 0.2) is 0 Å². The van der Waals surface area contributed by atoms with Gasteiger partial charge in [0.05, 0.1) is 6.85 Å². The van der Waals surface area contributed by atoms with E-state index in [0.29, 0.717) is 5.56 Å². The quantitative estimate of drug-likeness (QED) is 0.194. The zero-order chi connectivity index (χ0) is 34.1. The fraction of sp³-hybridized carbons (Fsp3) is 0. The molecular formula is C43H27NO. The average Bonchev–Trinajstić information content (AvgIpc) is 3.55. The van der Waals surface area contributed by atoms with Crippen LogP contribution in [0.3, 0.4) is 0 Å². The number of furan rings is 1. The van der Waals surface area contributed by atoms with E-state index in [9.17, 15) is 0 Å². The lowest BCUT2D eigenvalue weighted by Crippen LogP contribution is -1.91. The monoisotopic (exact) mass is 578 g/mol. The first-order valence-electron chi connectivity index (χ1n) is 17.4. The zero-order valence-corrected chi connectivity index (χ0v) is 24.1. The van der Waals surface area contributed by atoms with Crippen LogP contribution in [0.25, 0.3) is 88.0 Å². The molecule has 0 saturated heterocycles. The molecule has 210 valence electrons. The third-order valence-corrected chi connectivity index (χ3v) is 8.66. The summed E-state index contributed by atoms with van der Waals surface area (Å²) in [6, 6.07) is 39.2. The molecule has 0 aliphatic heterocycles. The number of hydrogen-bond acceptors (Lipinski definition) is 2. The molecule has 0 spiro atoms. The summed E-state index contributed by atoms with van der Waals surface area (Å²) in [6.45, 7) is 0. The molecular weight excluding hydrogens is 546 g/mol. The van der Waals surface area contributed by atoms with Gasteiger partial charge in [0.1, 0.15) is 11.2 Å². The number of hydrogen-bond donors (Lipinski definition) is 0. The summed E-state index contributed by atoms with van der Waals surface area (Å²) in [5, 5.41) is 5.59. The summed E-state index contributed by atoms with van der Waals surface area (Å²) in [6.07, 6.45) is 3.66. The normalized spacial score (nSPS) is 13.1. The Bertz CT molecular complexity index is 2720. The van der Waals surface area contributed by atoms with Crippen LogP contribution in [0.2, 0.25) is 0 Å². The van der Waals surface area contributed by atoms with Crippen molar-refractivity contribution >= 4 is 43.5 Å². The molecule has 0 saturated carbocycles. The van der Waals surface area contributed by atoms with Gasteiger partial charge in [-0.05, 0) is 79.2 Å². The van der Waals surface area contributed by atoms with Crippen molar-refractivity contribution in [3.63, 3.8) is 0 Å². The van der Waals surface area contributed by atoms with Gasteiger partial charge in [-0.1, -0.05) is 127 Å². The van der Waals surface area contributed by atoms with Crippen LogP contribution in [0, 0.1) is 0 Å². The van der Waals surface area contributed by atoms with E-state index in [4.69, 9.17) is 11.3 Å². The molecule has 9 aromatic rings. The minimum Gasteiger partial charge on any atom is -0.456 e. The largest absolute Gasteiger partial charge is 0.456 e. The molecule has 0 aliphatic carbocycles. The minimum atomic E-state index is -0.403. The number of para-hydroxylation sites is 1. The summed E-state index contributed by atoms with van der Waals surface area (Å²) in [7, 11) is 0. The van der Waals surface area contributed by atoms with E-state index in [-0.39, 0.29) is 29.7 Å². The summed E-state index contributed by atoms with van der Waals surface area (Å²) in [5.74, 6) is 0. The standard InChI is InChI=1S/C43H27NO/c1-2-11-28(12-3-1)40-33-14-4-6-16-35(33)41(36-17-7-5-15-34(36)40)29-20-22-30(23-21-29)42-32(31-13-10-26-44-27-31)24-25-39-43(42)37-18-8-9-19-38(37)45-39/h1-27H/i1D,2D,3D,11D,12D. The van der Waals surface area contributed by atoms with Gasteiger partial charge in [-0.2, -0.15) is 0 Å². The second kappa shape index (κ2) is 10.3. The molecule has 2 heteroatoms. The van der Waals surface area contributed by atoms with E-state index in [0.717, 1.165) is 76.9 Å². The van der Waals surface area contributed by atoms with Crippen molar-refractivity contribution in [1.29, 1.82) is 0 Å². The van der Waals surface area contributed by atoms with Gasteiger partial charge in [-0.3, -0.25) is 4.98 Å². The Hall–Kier alpha value is -5.99. The van der Waals surface area contributed by atoms with Gasteiger partial charge in [-0.15, -0.1) is 0 Å². The number of benzene rings is 7. The Morgan fingerprint density at radius 2 is 1.02 bits per heavy atom. The van der Waals surface area contributed by atoms with Gasteiger partial charge < -0.3 is 4.42 Å². The molecule has 7 aromatic carbocycles. The summed E-state index contributed by atoms with van der Waals surface area (Å²) in [5.41, 5.74) is 8.68. The van der Waals surface area contributed by atoms with Crippen LogP contribution in [-0.4, -0.2) is 4.98 Å². The van der Waals surface area contributed by atoms with Crippen LogP contribution >= 0.6 is 0 Å². The first-order chi connectivity index (χ1) is 24.4. The molecule has 2 aromatic heterocycles. The molecule has 0 atom stereocenters. The van der Waals surface area contributed by atoms with Gasteiger partial charge in [0, 0.05) is 34.3 Å². The second-order valence-corrected chi connectivity index (χ2v) is 11.1. The molecule has 2 nitrogen and oxygen atoms in total. The molecule has 0 amide bonds. The Balaban J connectivity index is 1.31. The lowest BCUT2D eigenvalue weighted by molar-refractivity contribution is 0.669. The van der Waals surface area contributed by atoms with Gasteiger partial charge >= 0.3 is 0 Å². The highest BCUT2D eigenvalue weighted by Gasteiger charge is 2.19. The van der Waals surface area contributed by atoms with E-state index in [1.165, 1.54) is 0 Å². The number of rotatable bonds is 4. The van der Waals surface area contributed by atoms with Crippen molar-refractivity contribution in [3.8, 4) is 44.5 Å². The van der Waals surface area contributed by atoms with Crippen molar-refractivity contribution in [2.75, 3.05) is 0 Å². The third kappa shape index (κ3) is 4.07. The number of aromatic nitrogens is 1. The van der Waals surface area contributed by atoms with Crippen LogP contribution in [0.5, 0.6) is 0 Å². The first-order valence-corrected chi connectivity index (χ1v) is 14.9. The highest BCUT2D eigenvalue weighted by Crippen LogP contribution is 2.46. The molecule has 0 unspecified atom stereocenters. The van der Waals surface area contributed by atoms with E-state index >= 15 is 0 Å². The van der Waals surface area contributed by atoms with Crippen LogP contribution < -0.4 is 0 Å². The Morgan fingerprint density at radius 1 is 0.444 bits per heavy atom. The molecule has 0 aliphatic rings. The average molecular weight is 579 g/mol. The Kier molecular flexibility index (Phi) is 4.78. The van der Waals surface area contributed by atoms with Crippen molar-refractivity contribution in [1.82, 2.24) is 4.98 Å². The summed E-state index contributed by atoms with van der Waals surface area (Å²) >= 11 is 0. The second-order valence-electron chi connectivity index (χ2n) is 11.1. The topological polar surface area (TPSA) is 26.0 Å². The van der Waals surface area contributed by atoms with Crippen molar-refractivity contribution in [3.05, 3.63) is 164 Å². The first kappa shape index (κ1) is 20.8.